The average Bonchev–Trinajstić information content (AvgIpc) is 2.75. The lowest BCUT2D eigenvalue weighted by molar-refractivity contribution is 0.0607. The van der Waals surface area contributed by atoms with Gasteiger partial charge in [-0.3, -0.25) is 4.79 Å². The molecule has 0 aliphatic carbocycles. The SMILES string of the molecule is COC(=O)c1scc(C)c1-c1nc(C)c(C)[nH]c1=O. The van der Waals surface area contributed by atoms with Crippen molar-refractivity contribution in [1.29, 1.82) is 0 Å². The van der Waals surface area contributed by atoms with E-state index in [1.807, 2.05) is 19.2 Å². The second-order valence-electron chi connectivity index (χ2n) is 4.24. The van der Waals surface area contributed by atoms with Crippen LogP contribution in [0.2, 0.25) is 0 Å². The third-order valence-electron chi connectivity index (χ3n) is 2.92. The molecule has 2 rings (SSSR count). The third-order valence-corrected chi connectivity index (χ3v) is 4.00. The Morgan fingerprint density at radius 2 is 2.05 bits per heavy atom. The summed E-state index contributed by atoms with van der Waals surface area (Å²) in [6, 6.07) is 0. The first-order valence-corrected chi connectivity index (χ1v) is 6.58. The van der Waals surface area contributed by atoms with Gasteiger partial charge in [0.25, 0.3) is 5.56 Å². The van der Waals surface area contributed by atoms with Crippen molar-refractivity contribution in [2.45, 2.75) is 20.8 Å². The van der Waals surface area contributed by atoms with Gasteiger partial charge in [0.2, 0.25) is 0 Å². The summed E-state index contributed by atoms with van der Waals surface area (Å²) >= 11 is 1.26. The topological polar surface area (TPSA) is 72.0 Å². The van der Waals surface area contributed by atoms with Gasteiger partial charge in [-0.2, -0.15) is 0 Å². The molecule has 0 fully saturated rings. The predicted octanol–water partition coefficient (Wildman–Crippen LogP) is 2.21. The molecule has 2 aromatic rings. The van der Waals surface area contributed by atoms with Gasteiger partial charge in [-0.1, -0.05) is 0 Å². The summed E-state index contributed by atoms with van der Waals surface area (Å²) in [6.45, 7) is 5.44. The normalized spacial score (nSPS) is 10.5. The van der Waals surface area contributed by atoms with Crippen LogP contribution >= 0.6 is 11.3 Å². The van der Waals surface area contributed by atoms with Crippen LogP contribution in [0.4, 0.5) is 0 Å². The Labute approximate surface area is 114 Å². The number of hydrogen-bond donors (Lipinski definition) is 1. The Kier molecular flexibility index (Phi) is 3.53. The van der Waals surface area contributed by atoms with E-state index in [0.717, 1.165) is 17.0 Å². The van der Waals surface area contributed by atoms with Gasteiger partial charge in [-0.15, -0.1) is 11.3 Å². The van der Waals surface area contributed by atoms with Gasteiger partial charge in [0, 0.05) is 11.3 Å². The van der Waals surface area contributed by atoms with Gasteiger partial charge in [0.1, 0.15) is 10.6 Å². The average molecular weight is 278 g/mol. The minimum atomic E-state index is -0.451. The number of aromatic nitrogens is 2. The molecule has 0 unspecified atom stereocenters. The van der Waals surface area contributed by atoms with Crippen LogP contribution in [-0.4, -0.2) is 23.0 Å². The molecule has 0 atom stereocenters. The Morgan fingerprint density at radius 1 is 1.37 bits per heavy atom. The minimum absolute atomic E-state index is 0.266. The summed E-state index contributed by atoms with van der Waals surface area (Å²) < 4.78 is 4.74. The van der Waals surface area contributed by atoms with Crippen LogP contribution in [0.1, 0.15) is 26.6 Å². The smallest absolute Gasteiger partial charge is 0.348 e. The minimum Gasteiger partial charge on any atom is -0.465 e. The molecule has 2 heterocycles. The fourth-order valence-electron chi connectivity index (χ4n) is 1.77. The zero-order valence-corrected chi connectivity index (χ0v) is 12.0. The van der Waals surface area contributed by atoms with Crippen molar-refractivity contribution in [2.75, 3.05) is 7.11 Å². The third kappa shape index (κ3) is 2.31. The molecule has 0 radical (unpaired) electrons. The number of aromatic amines is 1. The molecule has 5 nitrogen and oxygen atoms in total. The zero-order valence-electron chi connectivity index (χ0n) is 11.2. The van der Waals surface area contributed by atoms with Crippen molar-refractivity contribution in [3.05, 3.63) is 37.6 Å². The number of carbonyl (C=O) groups is 1. The second kappa shape index (κ2) is 4.97. The molecule has 0 aliphatic heterocycles. The molecule has 6 heteroatoms. The Balaban J connectivity index is 2.72. The lowest BCUT2D eigenvalue weighted by Crippen LogP contribution is -2.16. The lowest BCUT2D eigenvalue weighted by Gasteiger charge is -2.06. The van der Waals surface area contributed by atoms with Gasteiger partial charge in [-0.05, 0) is 31.7 Å². The lowest BCUT2D eigenvalue weighted by atomic mass is 10.1. The molecule has 1 N–H and O–H groups in total. The Morgan fingerprint density at radius 3 is 2.68 bits per heavy atom. The van der Waals surface area contributed by atoms with Gasteiger partial charge in [-0.25, -0.2) is 9.78 Å². The van der Waals surface area contributed by atoms with Crippen molar-refractivity contribution >= 4 is 17.3 Å². The van der Waals surface area contributed by atoms with Crippen molar-refractivity contribution < 1.29 is 9.53 Å². The van der Waals surface area contributed by atoms with E-state index in [1.165, 1.54) is 18.4 Å². The fraction of sp³-hybridized carbons (Fsp3) is 0.308. The molecule has 0 aliphatic rings. The molecular formula is C13H14N2O3S. The number of thiophene rings is 1. The molecule has 0 aromatic carbocycles. The molecule has 19 heavy (non-hydrogen) atoms. The molecule has 0 bridgehead atoms. The van der Waals surface area contributed by atoms with Crippen molar-refractivity contribution in [2.24, 2.45) is 0 Å². The fourth-order valence-corrected chi connectivity index (χ4v) is 2.74. The second-order valence-corrected chi connectivity index (χ2v) is 5.12. The largest absolute Gasteiger partial charge is 0.465 e. The highest BCUT2D eigenvalue weighted by molar-refractivity contribution is 7.12. The zero-order chi connectivity index (χ0) is 14.2. The number of ether oxygens (including phenoxy) is 1. The first kappa shape index (κ1) is 13.5. The van der Waals surface area contributed by atoms with Crippen LogP contribution in [-0.2, 0) is 4.74 Å². The highest BCUT2D eigenvalue weighted by Gasteiger charge is 2.21. The number of H-pyrrole nitrogens is 1. The van der Waals surface area contributed by atoms with Crippen molar-refractivity contribution in [3.63, 3.8) is 0 Å². The van der Waals surface area contributed by atoms with Crippen molar-refractivity contribution in [1.82, 2.24) is 9.97 Å². The van der Waals surface area contributed by atoms with E-state index in [0.29, 0.717) is 10.4 Å². The van der Waals surface area contributed by atoms with E-state index < -0.39 is 5.97 Å². The molecule has 0 saturated heterocycles. The number of nitrogens with one attached hydrogen (secondary N) is 1. The molecule has 2 aromatic heterocycles. The molecule has 0 saturated carbocycles. The summed E-state index contributed by atoms with van der Waals surface area (Å²) in [5, 5.41) is 1.82. The molecule has 100 valence electrons. The maximum atomic E-state index is 12.0. The van der Waals surface area contributed by atoms with E-state index in [-0.39, 0.29) is 11.3 Å². The summed E-state index contributed by atoms with van der Waals surface area (Å²) in [5.41, 5.74) is 2.82. The quantitative estimate of drug-likeness (QED) is 0.855. The Hall–Kier alpha value is -1.95. The monoisotopic (exact) mass is 278 g/mol. The van der Waals surface area contributed by atoms with Crippen LogP contribution in [0, 0.1) is 20.8 Å². The number of rotatable bonds is 2. The van der Waals surface area contributed by atoms with E-state index in [4.69, 9.17) is 4.74 Å². The van der Waals surface area contributed by atoms with Crippen molar-refractivity contribution in [3.8, 4) is 11.3 Å². The number of esters is 1. The summed E-state index contributed by atoms with van der Waals surface area (Å²) in [6.07, 6.45) is 0. The highest BCUT2D eigenvalue weighted by Crippen LogP contribution is 2.30. The van der Waals surface area contributed by atoms with Crippen LogP contribution in [0.3, 0.4) is 0 Å². The number of carbonyl (C=O) groups excluding carboxylic acids is 1. The number of hydrogen-bond acceptors (Lipinski definition) is 5. The Bertz CT molecular complexity index is 700. The summed E-state index contributed by atoms with van der Waals surface area (Å²) in [7, 11) is 1.32. The van der Waals surface area contributed by atoms with Crippen LogP contribution in [0.5, 0.6) is 0 Å². The van der Waals surface area contributed by atoms with Gasteiger partial charge < -0.3 is 9.72 Å². The number of methoxy groups -OCH3 is 1. The van der Waals surface area contributed by atoms with Crippen LogP contribution in [0.15, 0.2) is 10.2 Å². The first-order chi connectivity index (χ1) is 8.95. The van der Waals surface area contributed by atoms with Gasteiger partial charge in [0.05, 0.1) is 12.8 Å². The summed E-state index contributed by atoms with van der Waals surface area (Å²) in [5.74, 6) is -0.451. The van der Waals surface area contributed by atoms with Crippen LogP contribution < -0.4 is 5.56 Å². The van der Waals surface area contributed by atoms with E-state index in [9.17, 15) is 9.59 Å². The van der Waals surface area contributed by atoms with E-state index >= 15 is 0 Å². The number of aryl methyl sites for hydroxylation is 3. The van der Waals surface area contributed by atoms with E-state index in [1.54, 1.807) is 6.92 Å². The number of nitrogens with zero attached hydrogens (tertiary/aromatic N) is 1. The summed E-state index contributed by atoms with van der Waals surface area (Å²) in [4.78, 5) is 31.2. The predicted molar refractivity (Wildman–Crippen MR) is 73.7 cm³/mol. The van der Waals surface area contributed by atoms with Crippen LogP contribution in [0.25, 0.3) is 11.3 Å². The van der Waals surface area contributed by atoms with Gasteiger partial charge in [0.15, 0.2) is 0 Å². The maximum absolute atomic E-state index is 12.0. The standard InChI is InChI=1S/C13H14N2O3S/c1-6-5-19-11(13(17)18-4)9(6)10-12(16)15-8(3)7(2)14-10/h5H,1-4H3,(H,15,16). The van der Waals surface area contributed by atoms with E-state index in [2.05, 4.69) is 9.97 Å². The molecule has 0 amide bonds. The van der Waals surface area contributed by atoms with Gasteiger partial charge >= 0.3 is 5.97 Å². The molecule has 0 spiro atoms. The molecular weight excluding hydrogens is 264 g/mol. The maximum Gasteiger partial charge on any atom is 0.348 e. The first-order valence-electron chi connectivity index (χ1n) is 5.70. The highest BCUT2D eigenvalue weighted by atomic mass is 32.1.